The van der Waals surface area contributed by atoms with E-state index in [1.165, 1.54) is 24.1 Å². The van der Waals surface area contributed by atoms with Crippen molar-refractivity contribution in [3.63, 3.8) is 0 Å². The molecule has 0 aliphatic carbocycles. The smallest absolute Gasteiger partial charge is 0.409 e. The van der Waals surface area contributed by atoms with Crippen molar-refractivity contribution in [3.8, 4) is 0 Å². The molecule has 4 atom stereocenters. The number of hydrogen-bond donors (Lipinski definition) is 2. The van der Waals surface area contributed by atoms with Crippen LogP contribution in [0.5, 0.6) is 0 Å². The van der Waals surface area contributed by atoms with Gasteiger partial charge in [-0.1, -0.05) is 34.9 Å². The van der Waals surface area contributed by atoms with E-state index in [2.05, 4.69) is 20.7 Å². The molecule has 0 radical (unpaired) electrons. The third-order valence-electron chi connectivity index (χ3n) is 9.31. The molecule has 15 heteroatoms. The lowest BCUT2D eigenvalue weighted by molar-refractivity contribution is -0.119. The van der Waals surface area contributed by atoms with Gasteiger partial charge in [-0.2, -0.15) is 4.31 Å². The summed E-state index contributed by atoms with van der Waals surface area (Å²) in [5.74, 6) is -1.07. The molecule has 2 N–H and O–H groups in total. The first kappa shape index (κ1) is 33.0. The summed E-state index contributed by atoms with van der Waals surface area (Å²) in [5.41, 5.74) is 9.75. The monoisotopic (exact) mass is 661 g/mol. The highest BCUT2D eigenvalue weighted by Crippen LogP contribution is 2.42. The van der Waals surface area contributed by atoms with E-state index in [1.807, 2.05) is 0 Å². The summed E-state index contributed by atoms with van der Waals surface area (Å²) in [6.45, 7) is 1.36. The number of ether oxygens (including phenoxy) is 1. The second-order valence-electron chi connectivity index (χ2n) is 11.8. The predicted octanol–water partition coefficient (Wildman–Crippen LogP) is 4.60. The van der Waals surface area contributed by atoms with E-state index >= 15 is 4.39 Å². The minimum atomic E-state index is -3.42. The standard InChI is InChI=1S/C30H37ClFN7O5S/c1-44-29(41)38-15-13-30(14-16-38,20-7-9-21(31)10-8-20)27(36-37-33)28(40)35-26-6-2-5-25(32)24(26)12-11-23-18-34-22-4-3-17-45(42,43)39(23)19-22/h2,5-10,22-23,27,34H,3-4,11-19H2,1H3,(H,35,40)/t22-,23+,27-/m1/s1. The molecule has 45 heavy (non-hydrogen) atoms. The number of halogens is 2. The van der Waals surface area contributed by atoms with Crippen LogP contribution in [0.1, 0.15) is 43.2 Å². The molecular formula is C30H37ClFN7O5S. The van der Waals surface area contributed by atoms with Crippen LogP contribution in [0.2, 0.25) is 5.02 Å². The van der Waals surface area contributed by atoms with Crippen LogP contribution in [0.25, 0.3) is 10.4 Å². The maximum atomic E-state index is 15.3. The molecule has 1 unspecified atom stereocenters. The fraction of sp³-hybridized carbons (Fsp3) is 0.533. The fourth-order valence-electron chi connectivity index (χ4n) is 6.87. The van der Waals surface area contributed by atoms with Crippen LogP contribution in [0.4, 0.5) is 14.9 Å². The van der Waals surface area contributed by atoms with Crippen LogP contribution >= 0.6 is 11.6 Å². The molecule has 2 aromatic carbocycles. The molecule has 0 spiro atoms. The van der Waals surface area contributed by atoms with Gasteiger partial charge in [-0.3, -0.25) is 4.79 Å². The van der Waals surface area contributed by atoms with E-state index in [9.17, 15) is 23.5 Å². The minimum Gasteiger partial charge on any atom is -0.453 e. The first-order chi connectivity index (χ1) is 21.6. The van der Waals surface area contributed by atoms with Gasteiger partial charge in [0.15, 0.2) is 0 Å². The van der Waals surface area contributed by atoms with Crippen molar-refractivity contribution in [2.75, 3.05) is 44.4 Å². The van der Waals surface area contributed by atoms with Gasteiger partial charge in [-0.05, 0) is 73.9 Å². The molecule has 2 aromatic rings. The van der Waals surface area contributed by atoms with Crippen molar-refractivity contribution < 1.29 is 27.1 Å². The van der Waals surface area contributed by atoms with E-state index in [0.717, 1.165) is 6.42 Å². The highest BCUT2D eigenvalue weighted by Gasteiger charge is 2.47. The Bertz CT molecular complexity index is 1560. The zero-order valence-corrected chi connectivity index (χ0v) is 26.6. The summed E-state index contributed by atoms with van der Waals surface area (Å²) in [5, 5.41) is 10.7. The number of carbonyl (C=O) groups is 2. The Labute approximate surface area is 266 Å². The lowest BCUT2D eigenvalue weighted by atomic mass is 9.67. The average molecular weight is 662 g/mol. The van der Waals surface area contributed by atoms with Crippen LogP contribution in [0.15, 0.2) is 47.6 Å². The first-order valence-corrected chi connectivity index (χ1v) is 17.0. The van der Waals surface area contributed by atoms with Gasteiger partial charge < -0.3 is 20.3 Å². The number of nitrogens with one attached hydrogen (secondary N) is 2. The third-order valence-corrected chi connectivity index (χ3v) is 11.5. The van der Waals surface area contributed by atoms with Gasteiger partial charge in [0.2, 0.25) is 15.9 Å². The van der Waals surface area contributed by atoms with Crippen molar-refractivity contribution in [1.29, 1.82) is 0 Å². The van der Waals surface area contributed by atoms with E-state index in [0.29, 0.717) is 36.5 Å². The molecule has 3 heterocycles. The Balaban J connectivity index is 1.40. The van der Waals surface area contributed by atoms with Crippen LogP contribution in [0, 0.1) is 5.82 Å². The minimum absolute atomic E-state index is 0.0935. The summed E-state index contributed by atoms with van der Waals surface area (Å²) in [6, 6.07) is 9.79. The predicted molar refractivity (Wildman–Crippen MR) is 168 cm³/mol. The van der Waals surface area contributed by atoms with Gasteiger partial charge in [0.25, 0.3) is 0 Å². The summed E-state index contributed by atoms with van der Waals surface area (Å²) >= 11 is 6.15. The maximum absolute atomic E-state index is 15.3. The fourth-order valence-corrected chi connectivity index (χ4v) is 8.80. The summed E-state index contributed by atoms with van der Waals surface area (Å²) in [7, 11) is -2.12. The largest absolute Gasteiger partial charge is 0.453 e. The van der Waals surface area contributed by atoms with E-state index in [4.69, 9.17) is 16.3 Å². The highest BCUT2D eigenvalue weighted by molar-refractivity contribution is 7.89. The number of likely N-dealkylation sites (tertiary alicyclic amines) is 1. The molecule has 2 bridgehead atoms. The number of amides is 2. The van der Waals surface area contributed by atoms with Gasteiger partial charge in [-0.15, -0.1) is 0 Å². The Kier molecular flexibility index (Phi) is 10.2. The molecule has 3 fully saturated rings. The number of azide groups is 1. The number of rotatable bonds is 8. The summed E-state index contributed by atoms with van der Waals surface area (Å²) in [6.07, 6.45) is 1.99. The molecule has 2 amide bonds. The molecule has 3 aliphatic heterocycles. The SMILES string of the molecule is COC(=O)N1CCC(c2ccc(Cl)cc2)([C@H](N=[N+]=[N-])C(=O)Nc2cccc(F)c2CC[C@H]2CN[C@@H]3CCCS(=O)(=O)N2C3)CC1. The second kappa shape index (κ2) is 13.9. The highest BCUT2D eigenvalue weighted by atomic mass is 35.5. The first-order valence-electron chi connectivity index (χ1n) is 15.0. The van der Waals surface area contributed by atoms with Gasteiger partial charge in [0.1, 0.15) is 11.9 Å². The maximum Gasteiger partial charge on any atom is 0.409 e. The van der Waals surface area contributed by atoms with Gasteiger partial charge in [0.05, 0.1) is 12.9 Å². The van der Waals surface area contributed by atoms with Gasteiger partial charge in [-0.25, -0.2) is 17.6 Å². The Hall–Kier alpha value is -3.42. The van der Waals surface area contributed by atoms with E-state index < -0.39 is 39.3 Å². The molecule has 5 rings (SSSR count). The number of benzene rings is 2. The molecule has 0 aromatic heterocycles. The molecule has 3 saturated heterocycles. The Morgan fingerprint density at radius 1 is 1.24 bits per heavy atom. The van der Waals surface area contributed by atoms with Crippen molar-refractivity contribution >= 4 is 39.3 Å². The second-order valence-corrected chi connectivity index (χ2v) is 14.3. The van der Waals surface area contributed by atoms with Crippen LogP contribution in [-0.4, -0.2) is 86.8 Å². The number of piperazine rings is 1. The van der Waals surface area contributed by atoms with Crippen LogP contribution in [0.3, 0.4) is 0 Å². The molecule has 12 nitrogen and oxygen atoms in total. The number of anilines is 1. The van der Waals surface area contributed by atoms with Crippen molar-refractivity contribution in [2.24, 2.45) is 5.11 Å². The number of fused-ring (bicyclic) bond motifs is 2. The molecular weight excluding hydrogens is 625 g/mol. The topological polar surface area (TPSA) is 157 Å². The zero-order chi connectivity index (χ0) is 32.2. The van der Waals surface area contributed by atoms with Crippen molar-refractivity contribution in [2.45, 2.75) is 62.1 Å². The van der Waals surface area contributed by atoms with Crippen molar-refractivity contribution in [3.05, 3.63) is 74.9 Å². The van der Waals surface area contributed by atoms with E-state index in [-0.39, 0.29) is 61.4 Å². The van der Waals surface area contributed by atoms with Crippen molar-refractivity contribution in [1.82, 2.24) is 14.5 Å². The van der Waals surface area contributed by atoms with Crippen LogP contribution in [-0.2, 0) is 31.4 Å². The lowest BCUT2D eigenvalue weighted by Crippen LogP contribution is -2.57. The Morgan fingerprint density at radius 3 is 2.67 bits per heavy atom. The normalized spacial score (nSPS) is 24.4. The number of sulfonamides is 1. The number of methoxy groups -OCH3 is 1. The van der Waals surface area contributed by atoms with Crippen LogP contribution < -0.4 is 10.6 Å². The third kappa shape index (κ3) is 7.05. The number of nitrogens with zero attached hydrogens (tertiary/aromatic N) is 5. The lowest BCUT2D eigenvalue weighted by Gasteiger charge is -2.44. The Morgan fingerprint density at radius 2 is 1.98 bits per heavy atom. The number of carbonyl (C=O) groups excluding carboxylic acids is 2. The zero-order valence-electron chi connectivity index (χ0n) is 25.0. The summed E-state index contributed by atoms with van der Waals surface area (Å²) < 4.78 is 47.6. The summed E-state index contributed by atoms with van der Waals surface area (Å²) in [4.78, 5) is 30.8. The molecule has 0 saturated carbocycles. The average Bonchev–Trinajstić information content (AvgIpc) is 3.15. The molecule has 242 valence electrons. The number of hydrogen-bond acceptors (Lipinski definition) is 7. The molecule has 3 aliphatic rings. The quantitative estimate of drug-likeness (QED) is 0.239. The number of piperidine rings is 1. The van der Waals surface area contributed by atoms with Gasteiger partial charge >= 0.3 is 6.09 Å². The van der Waals surface area contributed by atoms with Gasteiger partial charge in [0, 0.05) is 64.9 Å². The van der Waals surface area contributed by atoms with E-state index in [1.54, 1.807) is 34.6 Å².